The van der Waals surface area contributed by atoms with Crippen molar-refractivity contribution < 1.29 is 9.18 Å². The molecule has 0 aromatic heterocycles. The summed E-state index contributed by atoms with van der Waals surface area (Å²) in [4.78, 5) is 12.0. The first-order valence-corrected chi connectivity index (χ1v) is 7.45. The molecule has 0 radical (unpaired) electrons. The molecule has 0 heterocycles. The quantitative estimate of drug-likeness (QED) is 0.775. The van der Waals surface area contributed by atoms with Gasteiger partial charge in [-0.1, -0.05) is 43.5 Å². The minimum Gasteiger partial charge on any atom is -0.299 e. The number of benzene rings is 1. The molecule has 0 amide bonds. The van der Waals surface area contributed by atoms with Gasteiger partial charge in [0, 0.05) is 12.3 Å². The lowest BCUT2D eigenvalue weighted by Crippen LogP contribution is -2.26. The van der Waals surface area contributed by atoms with Gasteiger partial charge in [0.05, 0.1) is 5.02 Å². The second-order valence-electron chi connectivity index (χ2n) is 5.51. The second kappa shape index (κ2) is 6.51. The van der Waals surface area contributed by atoms with Gasteiger partial charge in [0.2, 0.25) is 0 Å². The molecular weight excluding hydrogens is 263 g/mol. The Kier molecular flexibility index (Phi) is 4.98. The van der Waals surface area contributed by atoms with E-state index in [1.165, 1.54) is 6.42 Å². The largest absolute Gasteiger partial charge is 0.299 e. The van der Waals surface area contributed by atoms with Crippen LogP contribution in [0.4, 0.5) is 4.39 Å². The number of carbonyl (C=O) groups excluding carboxylic acids is 1. The molecule has 1 aliphatic carbocycles. The molecule has 0 saturated heterocycles. The zero-order valence-corrected chi connectivity index (χ0v) is 12.0. The summed E-state index contributed by atoms with van der Waals surface area (Å²) in [6.45, 7) is 2.17. The molecule has 1 fully saturated rings. The van der Waals surface area contributed by atoms with E-state index in [1.807, 2.05) is 0 Å². The van der Waals surface area contributed by atoms with Crippen LogP contribution < -0.4 is 0 Å². The average molecular weight is 283 g/mol. The standard InChI is InChI=1S/C16H20ClFO/c1-2-4-11-7-8-15(19)13(9-11)10-12-5-3-6-14(17)16(12)18/h3,5-6,11,13H,2,4,7-10H2,1H3. The Hall–Kier alpha value is -0.890. The molecule has 19 heavy (non-hydrogen) atoms. The fourth-order valence-corrected chi connectivity index (χ4v) is 3.24. The summed E-state index contributed by atoms with van der Waals surface area (Å²) in [5.41, 5.74) is 0.572. The van der Waals surface area contributed by atoms with Gasteiger partial charge in [0.15, 0.2) is 0 Å². The van der Waals surface area contributed by atoms with E-state index in [-0.39, 0.29) is 22.5 Å². The van der Waals surface area contributed by atoms with Crippen LogP contribution >= 0.6 is 11.6 Å². The summed E-state index contributed by atoms with van der Waals surface area (Å²) >= 11 is 5.79. The average Bonchev–Trinajstić information content (AvgIpc) is 2.39. The van der Waals surface area contributed by atoms with Crippen molar-refractivity contribution in [2.75, 3.05) is 0 Å². The zero-order valence-electron chi connectivity index (χ0n) is 11.3. The summed E-state index contributed by atoms with van der Waals surface area (Å²) in [5.74, 6) is 0.509. The fraction of sp³-hybridized carbons (Fsp3) is 0.562. The predicted octanol–water partition coefficient (Wildman–Crippen LogP) is 4.81. The summed E-state index contributed by atoms with van der Waals surface area (Å²) < 4.78 is 13.9. The highest BCUT2D eigenvalue weighted by Gasteiger charge is 2.29. The van der Waals surface area contributed by atoms with Crippen molar-refractivity contribution in [3.8, 4) is 0 Å². The molecule has 0 aliphatic heterocycles. The maximum absolute atomic E-state index is 13.9. The third-order valence-electron chi connectivity index (χ3n) is 4.07. The van der Waals surface area contributed by atoms with Crippen molar-refractivity contribution in [1.29, 1.82) is 0 Å². The first kappa shape index (κ1) is 14.5. The van der Waals surface area contributed by atoms with E-state index in [1.54, 1.807) is 18.2 Å². The molecular formula is C16H20ClFO. The Morgan fingerprint density at radius 2 is 2.21 bits per heavy atom. The van der Waals surface area contributed by atoms with E-state index in [0.29, 0.717) is 24.3 Å². The number of ketones is 1. The monoisotopic (exact) mass is 282 g/mol. The first-order chi connectivity index (χ1) is 9.11. The third-order valence-corrected chi connectivity index (χ3v) is 4.36. The van der Waals surface area contributed by atoms with Crippen LogP contribution in [0.1, 0.15) is 44.6 Å². The van der Waals surface area contributed by atoms with Crippen LogP contribution in [0.2, 0.25) is 5.02 Å². The van der Waals surface area contributed by atoms with Crippen molar-refractivity contribution >= 4 is 17.4 Å². The lowest BCUT2D eigenvalue weighted by Gasteiger charge is -2.28. The van der Waals surface area contributed by atoms with E-state index in [9.17, 15) is 9.18 Å². The smallest absolute Gasteiger partial charge is 0.144 e. The second-order valence-corrected chi connectivity index (χ2v) is 5.92. The van der Waals surface area contributed by atoms with Crippen LogP contribution in [0.15, 0.2) is 18.2 Å². The van der Waals surface area contributed by atoms with Gasteiger partial charge in [-0.15, -0.1) is 0 Å². The number of hydrogen-bond acceptors (Lipinski definition) is 1. The molecule has 1 saturated carbocycles. The minimum atomic E-state index is -0.366. The number of hydrogen-bond donors (Lipinski definition) is 0. The Morgan fingerprint density at radius 1 is 1.42 bits per heavy atom. The van der Waals surface area contributed by atoms with Gasteiger partial charge in [-0.05, 0) is 36.8 Å². The van der Waals surface area contributed by atoms with Gasteiger partial charge in [-0.25, -0.2) is 4.39 Å². The van der Waals surface area contributed by atoms with E-state index in [0.717, 1.165) is 19.3 Å². The molecule has 1 aromatic carbocycles. The molecule has 2 rings (SSSR count). The Labute approximate surface area is 119 Å². The topological polar surface area (TPSA) is 17.1 Å². The van der Waals surface area contributed by atoms with Gasteiger partial charge in [0.25, 0.3) is 0 Å². The highest BCUT2D eigenvalue weighted by Crippen LogP contribution is 2.32. The lowest BCUT2D eigenvalue weighted by molar-refractivity contribution is -0.125. The van der Waals surface area contributed by atoms with Gasteiger partial charge in [-0.3, -0.25) is 4.79 Å². The first-order valence-electron chi connectivity index (χ1n) is 7.07. The van der Waals surface area contributed by atoms with E-state index in [4.69, 9.17) is 11.6 Å². The van der Waals surface area contributed by atoms with Crippen LogP contribution in [0.25, 0.3) is 0 Å². The third kappa shape index (κ3) is 3.56. The van der Waals surface area contributed by atoms with Gasteiger partial charge < -0.3 is 0 Å². The van der Waals surface area contributed by atoms with Crippen molar-refractivity contribution in [2.45, 2.75) is 45.4 Å². The van der Waals surface area contributed by atoms with Crippen molar-refractivity contribution in [2.24, 2.45) is 11.8 Å². The molecule has 2 unspecified atom stereocenters. The van der Waals surface area contributed by atoms with Crippen LogP contribution in [-0.4, -0.2) is 5.78 Å². The molecule has 0 N–H and O–H groups in total. The summed E-state index contributed by atoms with van der Waals surface area (Å²) in [5, 5.41) is 0.144. The Bertz CT molecular complexity index is 458. The number of rotatable bonds is 4. The summed E-state index contributed by atoms with van der Waals surface area (Å²) in [7, 11) is 0. The van der Waals surface area contributed by atoms with Crippen molar-refractivity contribution in [3.63, 3.8) is 0 Å². The Morgan fingerprint density at radius 3 is 2.95 bits per heavy atom. The number of Topliss-reactive ketones (excluding diaryl/α,β-unsaturated/α-hetero) is 1. The van der Waals surface area contributed by atoms with Crippen molar-refractivity contribution in [1.82, 2.24) is 0 Å². The maximum atomic E-state index is 13.9. The van der Waals surface area contributed by atoms with Crippen LogP contribution in [0.3, 0.4) is 0 Å². The number of halogens is 2. The van der Waals surface area contributed by atoms with E-state index >= 15 is 0 Å². The lowest BCUT2D eigenvalue weighted by atomic mass is 9.76. The summed E-state index contributed by atoms with van der Waals surface area (Å²) in [6, 6.07) is 5.03. The Balaban J connectivity index is 2.08. The molecule has 0 spiro atoms. The predicted molar refractivity (Wildman–Crippen MR) is 75.9 cm³/mol. The van der Waals surface area contributed by atoms with Crippen LogP contribution in [0, 0.1) is 17.7 Å². The number of carbonyl (C=O) groups is 1. The minimum absolute atomic E-state index is 0.0294. The van der Waals surface area contributed by atoms with Gasteiger partial charge in [0.1, 0.15) is 11.6 Å². The highest BCUT2D eigenvalue weighted by molar-refractivity contribution is 6.30. The van der Waals surface area contributed by atoms with Gasteiger partial charge >= 0.3 is 0 Å². The fourth-order valence-electron chi connectivity index (χ4n) is 3.04. The molecule has 1 aromatic rings. The van der Waals surface area contributed by atoms with E-state index < -0.39 is 0 Å². The molecule has 1 nitrogen and oxygen atoms in total. The van der Waals surface area contributed by atoms with Crippen molar-refractivity contribution in [3.05, 3.63) is 34.6 Å². The summed E-state index contributed by atoms with van der Waals surface area (Å²) in [6.07, 6.45) is 5.36. The molecule has 104 valence electrons. The van der Waals surface area contributed by atoms with E-state index in [2.05, 4.69) is 6.92 Å². The van der Waals surface area contributed by atoms with Crippen LogP contribution in [-0.2, 0) is 11.2 Å². The van der Waals surface area contributed by atoms with Crippen LogP contribution in [0.5, 0.6) is 0 Å². The normalized spacial score (nSPS) is 23.6. The maximum Gasteiger partial charge on any atom is 0.144 e. The zero-order chi connectivity index (χ0) is 13.8. The SMILES string of the molecule is CCCC1CCC(=O)C(Cc2cccc(Cl)c2F)C1. The molecule has 3 heteroatoms. The van der Waals surface area contributed by atoms with Gasteiger partial charge in [-0.2, -0.15) is 0 Å². The molecule has 1 aliphatic rings. The highest BCUT2D eigenvalue weighted by atomic mass is 35.5. The molecule has 0 bridgehead atoms. The molecule has 2 atom stereocenters.